The third-order valence-corrected chi connectivity index (χ3v) is 3.57. The summed E-state index contributed by atoms with van der Waals surface area (Å²) in [7, 11) is 1.69. The Morgan fingerprint density at radius 3 is 2.76 bits per heavy atom. The minimum absolute atomic E-state index is 0.0909. The molecule has 2 rings (SSSR count). The van der Waals surface area contributed by atoms with Gasteiger partial charge in [-0.1, -0.05) is 19.1 Å². The van der Waals surface area contributed by atoms with E-state index in [-0.39, 0.29) is 5.41 Å². The molecule has 0 saturated heterocycles. The van der Waals surface area contributed by atoms with Crippen LogP contribution >= 0.6 is 0 Å². The molecule has 1 aliphatic rings. The number of nitrogens with zero attached hydrogens (tertiary/aromatic N) is 1. The van der Waals surface area contributed by atoms with Crippen LogP contribution in [0.3, 0.4) is 0 Å². The van der Waals surface area contributed by atoms with Gasteiger partial charge in [0, 0.05) is 5.41 Å². The number of methoxy groups -OCH3 is 1. The molecule has 0 aromatic heterocycles. The van der Waals surface area contributed by atoms with Crippen molar-refractivity contribution < 1.29 is 9.53 Å². The highest BCUT2D eigenvalue weighted by atomic mass is 16.5. The second-order valence-electron chi connectivity index (χ2n) is 4.57. The monoisotopic (exact) mass is 231 g/mol. The maximum absolute atomic E-state index is 10.2. The molecule has 90 valence electrons. The first-order chi connectivity index (χ1) is 8.25. The summed E-state index contributed by atoms with van der Waals surface area (Å²) >= 11 is 0. The van der Waals surface area contributed by atoms with Crippen LogP contribution in [-0.2, 0) is 16.6 Å². The largest absolute Gasteiger partial charge is 0.496 e. The maximum Gasteiger partial charge on any atom is 0.234 e. The lowest BCUT2D eigenvalue weighted by Gasteiger charge is -2.15. The van der Waals surface area contributed by atoms with E-state index in [1.54, 1.807) is 13.2 Å². The fraction of sp³-hybridized carbons (Fsp3) is 0.500. The standard InChI is InChI=1S/C14H17NO2/c1-3-11-8-12(4-5-13(11)17-2)14(6-7-14)9-15-10-16/h4-5,8H,3,6-7,9H2,1-2H3. The topological polar surface area (TPSA) is 38.7 Å². The summed E-state index contributed by atoms with van der Waals surface area (Å²) in [4.78, 5) is 14.0. The number of rotatable bonds is 5. The Labute approximate surface area is 102 Å². The average Bonchev–Trinajstić information content (AvgIpc) is 3.16. The fourth-order valence-electron chi connectivity index (χ4n) is 2.26. The normalized spacial score (nSPS) is 16.1. The van der Waals surface area contributed by atoms with Gasteiger partial charge in [0.1, 0.15) is 5.75 Å². The zero-order valence-electron chi connectivity index (χ0n) is 10.3. The Morgan fingerprint density at radius 2 is 2.24 bits per heavy atom. The Hall–Kier alpha value is -1.60. The molecule has 3 nitrogen and oxygen atoms in total. The van der Waals surface area contributed by atoms with E-state index in [1.165, 1.54) is 11.1 Å². The third-order valence-electron chi connectivity index (χ3n) is 3.57. The van der Waals surface area contributed by atoms with Crippen LogP contribution in [-0.4, -0.2) is 19.7 Å². The predicted molar refractivity (Wildman–Crippen MR) is 66.3 cm³/mol. The van der Waals surface area contributed by atoms with Crippen molar-refractivity contribution in [3.63, 3.8) is 0 Å². The van der Waals surface area contributed by atoms with E-state index < -0.39 is 0 Å². The van der Waals surface area contributed by atoms with Crippen molar-refractivity contribution in [1.29, 1.82) is 0 Å². The highest BCUT2D eigenvalue weighted by molar-refractivity contribution is 5.43. The molecule has 0 atom stereocenters. The highest BCUT2D eigenvalue weighted by Crippen LogP contribution is 2.49. The number of ether oxygens (including phenoxy) is 1. The van der Waals surface area contributed by atoms with Crippen LogP contribution in [0.1, 0.15) is 30.9 Å². The lowest BCUT2D eigenvalue weighted by atomic mass is 9.93. The quantitative estimate of drug-likeness (QED) is 0.577. The van der Waals surface area contributed by atoms with E-state index in [0.717, 1.165) is 25.0 Å². The number of aliphatic imine (C=N–C) groups is 1. The van der Waals surface area contributed by atoms with Crippen molar-refractivity contribution in [2.45, 2.75) is 31.6 Å². The minimum atomic E-state index is 0.0909. The van der Waals surface area contributed by atoms with Crippen LogP contribution in [0.15, 0.2) is 23.2 Å². The average molecular weight is 231 g/mol. The summed E-state index contributed by atoms with van der Waals surface area (Å²) < 4.78 is 5.32. The van der Waals surface area contributed by atoms with E-state index >= 15 is 0 Å². The molecule has 1 aromatic rings. The molecule has 0 radical (unpaired) electrons. The van der Waals surface area contributed by atoms with Gasteiger partial charge in [-0.3, -0.25) is 0 Å². The molecule has 17 heavy (non-hydrogen) atoms. The van der Waals surface area contributed by atoms with Crippen LogP contribution in [0.25, 0.3) is 0 Å². The summed E-state index contributed by atoms with van der Waals surface area (Å²) in [6.07, 6.45) is 4.79. The Bertz CT molecular complexity index is 457. The van der Waals surface area contributed by atoms with Gasteiger partial charge in [0.05, 0.1) is 13.7 Å². The Balaban J connectivity index is 2.30. The summed E-state index contributed by atoms with van der Waals surface area (Å²) in [5.41, 5.74) is 2.58. The van der Waals surface area contributed by atoms with Crippen molar-refractivity contribution in [3.8, 4) is 5.75 Å². The van der Waals surface area contributed by atoms with Crippen molar-refractivity contribution in [3.05, 3.63) is 29.3 Å². The molecule has 0 heterocycles. The zero-order chi connectivity index (χ0) is 12.3. The summed E-state index contributed by atoms with van der Waals surface area (Å²) in [5.74, 6) is 0.936. The molecule has 0 bridgehead atoms. The molecule has 1 aromatic carbocycles. The number of benzene rings is 1. The molecular weight excluding hydrogens is 214 g/mol. The highest BCUT2D eigenvalue weighted by Gasteiger charge is 2.44. The first-order valence-corrected chi connectivity index (χ1v) is 5.97. The van der Waals surface area contributed by atoms with Gasteiger partial charge in [-0.2, -0.15) is 0 Å². The second kappa shape index (κ2) is 4.72. The van der Waals surface area contributed by atoms with Gasteiger partial charge in [0.25, 0.3) is 0 Å². The summed E-state index contributed by atoms with van der Waals surface area (Å²) in [6, 6.07) is 6.29. The Kier molecular flexibility index (Phi) is 3.30. The van der Waals surface area contributed by atoms with Crippen LogP contribution in [0.2, 0.25) is 0 Å². The fourth-order valence-corrected chi connectivity index (χ4v) is 2.26. The number of aryl methyl sites for hydroxylation is 1. The molecule has 0 spiro atoms. The molecule has 0 N–H and O–H groups in total. The molecular formula is C14H17NO2. The van der Waals surface area contributed by atoms with Crippen LogP contribution in [0, 0.1) is 0 Å². The smallest absolute Gasteiger partial charge is 0.234 e. The SMILES string of the molecule is CCc1cc(C2(CN=C=O)CC2)ccc1OC. The summed E-state index contributed by atoms with van der Waals surface area (Å²) in [5, 5.41) is 0. The molecule has 1 aliphatic carbocycles. The first-order valence-electron chi connectivity index (χ1n) is 5.97. The van der Waals surface area contributed by atoms with Crippen LogP contribution < -0.4 is 4.74 Å². The van der Waals surface area contributed by atoms with E-state index in [4.69, 9.17) is 4.74 Å². The zero-order valence-corrected chi connectivity index (χ0v) is 10.3. The Morgan fingerprint density at radius 1 is 1.47 bits per heavy atom. The van der Waals surface area contributed by atoms with Gasteiger partial charge in [-0.25, -0.2) is 9.79 Å². The van der Waals surface area contributed by atoms with Gasteiger partial charge in [0.15, 0.2) is 0 Å². The molecule has 3 heteroatoms. The van der Waals surface area contributed by atoms with Crippen LogP contribution in [0.4, 0.5) is 0 Å². The van der Waals surface area contributed by atoms with E-state index in [2.05, 4.69) is 24.0 Å². The number of carbonyl (C=O) groups excluding carboxylic acids is 1. The molecule has 1 saturated carbocycles. The first kappa shape index (κ1) is 11.9. The van der Waals surface area contributed by atoms with Crippen molar-refractivity contribution in [1.82, 2.24) is 0 Å². The third kappa shape index (κ3) is 2.25. The van der Waals surface area contributed by atoms with Gasteiger partial charge in [-0.15, -0.1) is 0 Å². The van der Waals surface area contributed by atoms with E-state index in [1.807, 2.05) is 6.07 Å². The van der Waals surface area contributed by atoms with Crippen molar-refractivity contribution >= 4 is 6.08 Å². The molecule has 0 aliphatic heterocycles. The lowest BCUT2D eigenvalue weighted by Crippen LogP contribution is -2.11. The van der Waals surface area contributed by atoms with Crippen molar-refractivity contribution in [2.24, 2.45) is 4.99 Å². The number of hydrogen-bond acceptors (Lipinski definition) is 3. The van der Waals surface area contributed by atoms with Crippen molar-refractivity contribution in [2.75, 3.05) is 13.7 Å². The van der Waals surface area contributed by atoms with E-state index in [0.29, 0.717) is 6.54 Å². The molecule has 1 fully saturated rings. The number of hydrogen-bond donors (Lipinski definition) is 0. The number of isocyanates is 1. The van der Waals surface area contributed by atoms with Gasteiger partial charge >= 0.3 is 0 Å². The molecule has 0 amide bonds. The maximum atomic E-state index is 10.2. The lowest BCUT2D eigenvalue weighted by molar-refractivity contribution is 0.409. The summed E-state index contributed by atoms with van der Waals surface area (Å²) in [6.45, 7) is 2.68. The second-order valence-corrected chi connectivity index (χ2v) is 4.57. The van der Waals surface area contributed by atoms with Gasteiger partial charge < -0.3 is 4.74 Å². The van der Waals surface area contributed by atoms with E-state index in [9.17, 15) is 4.79 Å². The predicted octanol–water partition coefficient (Wildman–Crippen LogP) is 2.63. The van der Waals surface area contributed by atoms with Gasteiger partial charge in [0.2, 0.25) is 6.08 Å². The molecule has 0 unspecified atom stereocenters. The van der Waals surface area contributed by atoms with Gasteiger partial charge in [-0.05, 0) is 36.5 Å². The minimum Gasteiger partial charge on any atom is -0.496 e. The van der Waals surface area contributed by atoms with Crippen LogP contribution in [0.5, 0.6) is 5.75 Å².